The molecule has 130 valence electrons. The van der Waals surface area contributed by atoms with Crippen LogP contribution in [-0.2, 0) is 21.5 Å². The number of nitrogens with one attached hydrogen (secondary N) is 1. The number of carbonyl (C=O) groups is 1. The minimum atomic E-state index is -1.17. The van der Waals surface area contributed by atoms with Crippen molar-refractivity contribution in [3.05, 3.63) is 53.2 Å². The third-order valence-electron chi connectivity index (χ3n) is 3.46. The molecule has 1 aromatic carbocycles. The van der Waals surface area contributed by atoms with Gasteiger partial charge in [0, 0.05) is 11.0 Å². The van der Waals surface area contributed by atoms with Crippen molar-refractivity contribution in [3.63, 3.8) is 0 Å². The molecular weight excluding hydrogens is 318 g/mol. The fraction of sp³-hybridized carbons (Fsp3) is 0.412. The van der Waals surface area contributed by atoms with Crippen LogP contribution < -0.4 is 5.32 Å². The summed E-state index contributed by atoms with van der Waals surface area (Å²) in [6.07, 6.45) is 1.60. The Balaban J connectivity index is 2.20. The summed E-state index contributed by atoms with van der Waals surface area (Å²) in [5, 5.41) is 2.80. The summed E-state index contributed by atoms with van der Waals surface area (Å²) in [5.41, 5.74) is -0.341. The van der Waals surface area contributed by atoms with Crippen LogP contribution in [0.3, 0.4) is 0 Å². The Kier molecular flexibility index (Phi) is 5.33. The molecule has 24 heavy (non-hydrogen) atoms. The van der Waals surface area contributed by atoms with Gasteiger partial charge in [-0.15, -0.1) is 0 Å². The zero-order valence-corrected chi connectivity index (χ0v) is 14.0. The highest BCUT2D eigenvalue weighted by Gasteiger charge is 2.26. The van der Waals surface area contributed by atoms with Gasteiger partial charge in [-0.1, -0.05) is 20.8 Å². The van der Waals surface area contributed by atoms with Crippen molar-refractivity contribution in [2.45, 2.75) is 38.8 Å². The Hall–Kier alpha value is -2.28. The first-order valence-corrected chi connectivity index (χ1v) is 7.43. The standard InChI is InChI=1S/C17H20F2N2O3/c1-17(2,3)13-8-20-14(24-13)9-21-15(16(22)23-4)11-7-10(18)5-6-12(11)19/h5-8,15,21H,9H2,1-4H3. The van der Waals surface area contributed by atoms with Crippen LogP contribution >= 0.6 is 0 Å². The Labute approximate surface area is 139 Å². The lowest BCUT2D eigenvalue weighted by atomic mass is 9.94. The van der Waals surface area contributed by atoms with Crippen LogP contribution in [0.25, 0.3) is 0 Å². The number of carbonyl (C=O) groups excluding carboxylic acids is 1. The normalized spacial score (nSPS) is 12.9. The highest BCUT2D eigenvalue weighted by Crippen LogP contribution is 2.24. The summed E-state index contributed by atoms with van der Waals surface area (Å²) in [7, 11) is 1.18. The lowest BCUT2D eigenvalue weighted by Crippen LogP contribution is -2.30. The molecule has 1 heterocycles. The molecule has 0 spiro atoms. The quantitative estimate of drug-likeness (QED) is 0.848. The molecule has 0 fully saturated rings. The molecule has 0 radical (unpaired) electrons. The molecule has 1 atom stereocenters. The minimum Gasteiger partial charge on any atom is -0.468 e. The fourth-order valence-electron chi connectivity index (χ4n) is 2.10. The molecule has 0 aliphatic rings. The van der Waals surface area contributed by atoms with E-state index in [-0.39, 0.29) is 17.5 Å². The molecule has 1 N–H and O–H groups in total. The van der Waals surface area contributed by atoms with Gasteiger partial charge < -0.3 is 9.15 Å². The molecule has 1 aromatic heterocycles. The monoisotopic (exact) mass is 338 g/mol. The van der Waals surface area contributed by atoms with Gasteiger partial charge in [0.05, 0.1) is 19.9 Å². The number of rotatable bonds is 5. The zero-order chi connectivity index (χ0) is 17.9. The van der Waals surface area contributed by atoms with E-state index in [1.807, 2.05) is 20.8 Å². The van der Waals surface area contributed by atoms with E-state index < -0.39 is 23.6 Å². The molecule has 1 unspecified atom stereocenters. The van der Waals surface area contributed by atoms with Crippen molar-refractivity contribution in [1.29, 1.82) is 0 Å². The average Bonchev–Trinajstić information content (AvgIpc) is 2.99. The Morgan fingerprint density at radius 2 is 2.08 bits per heavy atom. The highest BCUT2D eigenvalue weighted by atomic mass is 19.1. The van der Waals surface area contributed by atoms with Gasteiger partial charge in [0.15, 0.2) is 0 Å². The lowest BCUT2D eigenvalue weighted by molar-refractivity contribution is -0.143. The van der Waals surface area contributed by atoms with Crippen LogP contribution in [0.15, 0.2) is 28.8 Å². The number of halogens is 2. The summed E-state index contributed by atoms with van der Waals surface area (Å²) in [6.45, 7) is 5.99. The summed E-state index contributed by atoms with van der Waals surface area (Å²) in [6, 6.07) is 1.73. The van der Waals surface area contributed by atoms with Crippen LogP contribution in [0.4, 0.5) is 8.78 Å². The number of methoxy groups -OCH3 is 1. The second kappa shape index (κ2) is 7.09. The first-order chi connectivity index (χ1) is 11.2. The second-order valence-corrected chi connectivity index (χ2v) is 6.37. The molecule has 0 aliphatic carbocycles. The maximum atomic E-state index is 13.9. The van der Waals surface area contributed by atoms with E-state index in [1.165, 1.54) is 7.11 Å². The Bertz CT molecular complexity index is 723. The van der Waals surface area contributed by atoms with Gasteiger partial charge in [0.1, 0.15) is 23.4 Å². The molecule has 0 bridgehead atoms. The van der Waals surface area contributed by atoms with Gasteiger partial charge in [-0.2, -0.15) is 0 Å². The van der Waals surface area contributed by atoms with Gasteiger partial charge in [-0.3, -0.25) is 5.32 Å². The van der Waals surface area contributed by atoms with Crippen molar-refractivity contribution < 1.29 is 22.7 Å². The summed E-state index contributed by atoms with van der Waals surface area (Å²) in [5.74, 6) is -1.06. The van der Waals surface area contributed by atoms with Crippen LogP contribution in [0.2, 0.25) is 0 Å². The molecule has 0 amide bonds. The van der Waals surface area contributed by atoms with Crippen molar-refractivity contribution in [1.82, 2.24) is 10.3 Å². The molecule has 0 aliphatic heterocycles. The maximum Gasteiger partial charge on any atom is 0.327 e. The number of esters is 1. The third-order valence-corrected chi connectivity index (χ3v) is 3.46. The second-order valence-electron chi connectivity index (χ2n) is 6.37. The number of nitrogens with zero attached hydrogens (tertiary/aromatic N) is 1. The first kappa shape index (κ1) is 18.1. The Morgan fingerprint density at radius 1 is 1.38 bits per heavy atom. The van der Waals surface area contributed by atoms with E-state index in [4.69, 9.17) is 4.42 Å². The first-order valence-electron chi connectivity index (χ1n) is 7.43. The van der Waals surface area contributed by atoms with E-state index in [9.17, 15) is 13.6 Å². The number of ether oxygens (including phenoxy) is 1. The van der Waals surface area contributed by atoms with Gasteiger partial charge in [-0.25, -0.2) is 18.6 Å². The lowest BCUT2D eigenvalue weighted by Gasteiger charge is -2.17. The number of hydrogen-bond donors (Lipinski definition) is 1. The van der Waals surface area contributed by atoms with E-state index >= 15 is 0 Å². The maximum absolute atomic E-state index is 13.9. The van der Waals surface area contributed by atoms with Crippen molar-refractivity contribution >= 4 is 5.97 Å². The molecule has 2 rings (SSSR count). The van der Waals surface area contributed by atoms with E-state index in [0.29, 0.717) is 11.7 Å². The Morgan fingerprint density at radius 3 is 2.67 bits per heavy atom. The van der Waals surface area contributed by atoms with Crippen LogP contribution in [0.5, 0.6) is 0 Å². The van der Waals surface area contributed by atoms with Crippen molar-refractivity contribution in [2.24, 2.45) is 0 Å². The highest BCUT2D eigenvalue weighted by molar-refractivity contribution is 5.77. The van der Waals surface area contributed by atoms with Gasteiger partial charge in [-0.05, 0) is 18.2 Å². The topological polar surface area (TPSA) is 64.4 Å². The van der Waals surface area contributed by atoms with Crippen LogP contribution in [0, 0.1) is 11.6 Å². The number of aromatic nitrogens is 1. The number of oxazole rings is 1. The fourth-order valence-corrected chi connectivity index (χ4v) is 2.10. The van der Waals surface area contributed by atoms with Gasteiger partial charge >= 0.3 is 5.97 Å². The van der Waals surface area contributed by atoms with Gasteiger partial charge in [0.25, 0.3) is 0 Å². The molecule has 7 heteroatoms. The smallest absolute Gasteiger partial charge is 0.327 e. The largest absolute Gasteiger partial charge is 0.468 e. The molecule has 0 saturated heterocycles. The predicted molar refractivity (Wildman–Crippen MR) is 83.2 cm³/mol. The van der Waals surface area contributed by atoms with E-state index in [2.05, 4.69) is 15.0 Å². The van der Waals surface area contributed by atoms with Gasteiger partial charge in [0.2, 0.25) is 5.89 Å². The van der Waals surface area contributed by atoms with Crippen LogP contribution in [-0.4, -0.2) is 18.1 Å². The zero-order valence-electron chi connectivity index (χ0n) is 14.0. The van der Waals surface area contributed by atoms with Crippen molar-refractivity contribution in [3.8, 4) is 0 Å². The summed E-state index contributed by atoms with van der Waals surface area (Å²) >= 11 is 0. The number of benzene rings is 1. The third kappa shape index (κ3) is 4.17. The minimum absolute atomic E-state index is 0.0613. The van der Waals surface area contributed by atoms with E-state index in [0.717, 1.165) is 18.2 Å². The average molecular weight is 338 g/mol. The predicted octanol–water partition coefficient (Wildman–Crippen LogP) is 3.25. The van der Waals surface area contributed by atoms with Crippen LogP contribution in [0.1, 0.15) is 44.0 Å². The number of hydrogen-bond acceptors (Lipinski definition) is 5. The summed E-state index contributed by atoms with van der Waals surface area (Å²) in [4.78, 5) is 16.1. The van der Waals surface area contributed by atoms with Crippen molar-refractivity contribution in [2.75, 3.05) is 7.11 Å². The molecular formula is C17H20F2N2O3. The molecule has 5 nitrogen and oxygen atoms in total. The summed E-state index contributed by atoms with van der Waals surface area (Å²) < 4.78 is 37.6. The molecule has 0 saturated carbocycles. The SMILES string of the molecule is COC(=O)C(NCc1ncc(C(C)(C)C)o1)c1cc(F)ccc1F. The molecule has 2 aromatic rings. The van der Waals surface area contributed by atoms with E-state index in [1.54, 1.807) is 6.20 Å².